The van der Waals surface area contributed by atoms with Gasteiger partial charge in [-0.1, -0.05) is 0 Å². The molecule has 0 aliphatic rings. The Morgan fingerprint density at radius 3 is 2.75 bits per heavy atom. The molecule has 0 bridgehead atoms. The normalized spacial score (nSPS) is 9.42. The minimum atomic E-state index is -0.173. The van der Waals surface area contributed by atoms with Crippen molar-refractivity contribution in [2.75, 3.05) is 11.2 Å². The van der Waals surface area contributed by atoms with Crippen LogP contribution in [0.4, 0.5) is 5.69 Å². The molecule has 0 fully saturated rings. The van der Waals surface area contributed by atoms with E-state index >= 15 is 0 Å². The Labute approximate surface area is 89.2 Å². The minimum absolute atomic E-state index is 0.00451. The molecule has 1 amide bonds. The number of carbonyl (C=O) groups excluding carboxylic acids is 1. The fourth-order valence-corrected chi connectivity index (χ4v) is 1.38. The molecule has 63 valence electrons. The molecule has 1 aromatic carbocycles. The van der Waals surface area contributed by atoms with Crippen LogP contribution in [-0.2, 0) is 4.79 Å². The molecular weight excluding hydrogens is 289 g/mol. The van der Waals surface area contributed by atoms with Crippen molar-refractivity contribution in [3.63, 3.8) is 0 Å². The Bertz CT molecular complexity index is 290. The summed E-state index contributed by atoms with van der Waals surface area (Å²) in [5, 5.41) is 2.69. The van der Waals surface area contributed by atoms with Crippen molar-refractivity contribution in [3.05, 3.63) is 24.3 Å². The molecule has 0 spiro atoms. The van der Waals surface area contributed by atoms with Gasteiger partial charge in [0.1, 0.15) is 0 Å². The van der Waals surface area contributed by atoms with E-state index in [2.05, 4.69) is 5.32 Å². The zero-order valence-electron chi connectivity index (χ0n) is 6.21. The fourth-order valence-electron chi connectivity index (χ4n) is 0.754. The van der Waals surface area contributed by atoms with Crippen LogP contribution in [0, 0.1) is 0 Å². The van der Waals surface area contributed by atoms with Crippen LogP contribution in [0.15, 0.2) is 24.3 Å². The van der Waals surface area contributed by atoms with Crippen molar-refractivity contribution in [1.82, 2.24) is 0 Å². The van der Waals surface area contributed by atoms with Crippen LogP contribution in [0.25, 0.3) is 0 Å². The number of nitrogens with one attached hydrogen (secondary N) is 1. The summed E-state index contributed by atoms with van der Waals surface area (Å²) < 4.78 is 1.05. The Hall–Kier alpha value is -0.230. The van der Waals surface area contributed by atoms with E-state index in [9.17, 15) is 4.79 Å². The van der Waals surface area contributed by atoms with E-state index in [-0.39, 0.29) is 11.8 Å². The molecule has 0 aliphatic heterocycles. The number of anilines is 1. The van der Waals surface area contributed by atoms with Gasteiger partial charge >= 0.3 is 89.4 Å². The summed E-state index contributed by atoms with van der Waals surface area (Å²) in [6.45, 7) is 0. The van der Waals surface area contributed by atoms with Crippen LogP contribution in [-0.4, -0.2) is 34.1 Å². The summed E-state index contributed by atoms with van der Waals surface area (Å²) in [6.07, 6.45) is 0. The van der Waals surface area contributed by atoms with E-state index in [1.165, 1.54) is 0 Å². The molecule has 0 unspecified atom stereocenters. The van der Waals surface area contributed by atoms with E-state index < -0.39 is 0 Å². The summed E-state index contributed by atoms with van der Waals surface area (Å²) in [6, 6.07) is 7.59. The van der Waals surface area contributed by atoms with Gasteiger partial charge in [0.15, 0.2) is 0 Å². The molecule has 2 nitrogen and oxygen atoms in total. The number of carbonyl (C=O) groups is 1. The van der Waals surface area contributed by atoms with E-state index in [0.717, 1.165) is 9.30 Å². The molecule has 0 saturated carbocycles. The van der Waals surface area contributed by atoms with Crippen molar-refractivity contribution in [2.45, 2.75) is 0 Å². The first-order valence-corrected chi connectivity index (χ1v) is 5.06. The summed E-state index contributed by atoms with van der Waals surface area (Å²) in [5.41, 5.74) is 0.827. The van der Waals surface area contributed by atoms with Gasteiger partial charge in [-0.15, -0.1) is 0 Å². The Morgan fingerprint density at radius 2 is 2.17 bits per heavy atom. The van der Waals surface area contributed by atoms with Gasteiger partial charge in [-0.25, -0.2) is 0 Å². The zero-order valence-corrected chi connectivity index (χ0v) is 9.30. The molecule has 0 aliphatic carbocycles. The first-order chi connectivity index (χ1) is 5.74. The number of halogens is 1. The third-order valence-corrected chi connectivity index (χ3v) is 2.54. The number of amides is 1. The molecule has 1 aromatic rings. The van der Waals surface area contributed by atoms with Crippen LogP contribution in [0.2, 0.25) is 0 Å². The summed E-state index contributed by atoms with van der Waals surface area (Å²) in [7, 11) is 0. The quantitative estimate of drug-likeness (QED) is 0.630. The Morgan fingerprint density at radius 1 is 1.50 bits per heavy atom. The van der Waals surface area contributed by atoms with E-state index in [1.54, 1.807) is 0 Å². The second-order valence-corrected chi connectivity index (χ2v) is 3.70. The molecule has 4 heteroatoms. The summed E-state index contributed by atoms with van der Waals surface area (Å²) in [4.78, 5) is 10.9. The van der Waals surface area contributed by atoms with Gasteiger partial charge in [-0.3, -0.25) is 0 Å². The number of alkyl halides is 1. The standard InChI is InChI=1S/C8H7ClNOTe/c9-5-8(11)10-6-3-1-2-4-7(6)12/h1-4H,5H2,(H,10,11). The van der Waals surface area contributed by atoms with Gasteiger partial charge in [0.2, 0.25) is 0 Å². The number of benzene rings is 1. The van der Waals surface area contributed by atoms with Crippen molar-refractivity contribution in [3.8, 4) is 0 Å². The van der Waals surface area contributed by atoms with Crippen molar-refractivity contribution in [1.29, 1.82) is 0 Å². The maximum atomic E-state index is 10.9. The number of rotatable bonds is 2. The molecule has 1 N–H and O–H groups in total. The average molecular weight is 296 g/mol. The van der Waals surface area contributed by atoms with Crippen molar-refractivity contribution < 1.29 is 4.79 Å². The van der Waals surface area contributed by atoms with E-state index in [4.69, 9.17) is 11.6 Å². The SMILES string of the molecule is O=C(CCl)Nc1ccccc1[Te]. The van der Waals surface area contributed by atoms with Crippen molar-refractivity contribution >= 4 is 49.1 Å². The number of para-hydroxylation sites is 1. The topological polar surface area (TPSA) is 29.1 Å². The van der Waals surface area contributed by atoms with Crippen LogP contribution in [0.3, 0.4) is 0 Å². The van der Waals surface area contributed by atoms with E-state index in [0.29, 0.717) is 0 Å². The maximum absolute atomic E-state index is 10.9. The third kappa shape index (κ3) is 2.67. The van der Waals surface area contributed by atoms with Gasteiger partial charge in [0.25, 0.3) is 0 Å². The molecule has 1 radical (unpaired) electrons. The monoisotopic (exact) mass is 298 g/mol. The number of hydrogen-bond acceptors (Lipinski definition) is 1. The summed E-state index contributed by atoms with van der Waals surface area (Å²) in [5.74, 6) is -0.178. The second kappa shape index (κ2) is 4.71. The van der Waals surface area contributed by atoms with Gasteiger partial charge in [0, 0.05) is 0 Å². The van der Waals surface area contributed by atoms with Crippen LogP contribution in [0.1, 0.15) is 0 Å². The van der Waals surface area contributed by atoms with E-state index in [1.807, 2.05) is 46.6 Å². The van der Waals surface area contributed by atoms with Gasteiger partial charge in [-0.2, -0.15) is 0 Å². The predicted octanol–water partition coefficient (Wildman–Crippen LogP) is 0.658. The zero-order chi connectivity index (χ0) is 8.97. The van der Waals surface area contributed by atoms with Gasteiger partial charge < -0.3 is 0 Å². The molecule has 0 saturated heterocycles. The first kappa shape index (κ1) is 9.85. The second-order valence-electron chi connectivity index (χ2n) is 2.18. The average Bonchev–Trinajstić information content (AvgIpc) is 2.09. The fraction of sp³-hybridized carbons (Fsp3) is 0.125. The molecular formula is C8H7ClNOTe. The summed E-state index contributed by atoms with van der Waals surface area (Å²) >= 11 is 7.20. The first-order valence-electron chi connectivity index (χ1n) is 3.36. The van der Waals surface area contributed by atoms with Crippen LogP contribution in [0.5, 0.6) is 0 Å². The van der Waals surface area contributed by atoms with Crippen molar-refractivity contribution in [2.24, 2.45) is 0 Å². The Kier molecular flexibility index (Phi) is 3.87. The van der Waals surface area contributed by atoms with Crippen LogP contribution < -0.4 is 8.93 Å². The molecule has 0 atom stereocenters. The third-order valence-electron chi connectivity index (χ3n) is 1.28. The van der Waals surface area contributed by atoms with Gasteiger partial charge in [-0.05, 0) is 0 Å². The van der Waals surface area contributed by atoms with Crippen LogP contribution >= 0.6 is 11.6 Å². The van der Waals surface area contributed by atoms with Gasteiger partial charge in [0.05, 0.1) is 0 Å². The molecule has 1 rings (SSSR count). The molecule has 0 heterocycles. The predicted molar refractivity (Wildman–Crippen MR) is 51.2 cm³/mol. The molecule has 12 heavy (non-hydrogen) atoms. The Balaban J connectivity index is 2.75. The molecule has 0 aromatic heterocycles. The number of hydrogen-bond donors (Lipinski definition) is 1.